The Morgan fingerprint density at radius 3 is 2.60 bits per heavy atom. The van der Waals surface area contributed by atoms with Crippen molar-refractivity contribution < 1.29 is 9.53 Å². The molecule has 1 amide bonds. The SMILES string of the molecule is CC(C)COC(=O)N1CCN(Cc2ccc(Cl)s2)CC1. The zero-order valence-electron chi connectivity index (χ0n) is 12.0. The van der Waals surface area contributed by atoms with Gasteiger partial charge >= 0.3 is 6.09 Å². The van der Waals surface area contributed by atoms with Crippen LogP contribution < -0.4 is 0 Å². The van der Waals surface area contributed by atoms with Crippen LogP contribution in [0.25, 0.3) is 0 Å². The molecule has 0 aliphatic carbocycles. The normalized spacial score (nSPS) is 16.7. The summed E-state index contributed by atoms with van der Waals surface area (Å²) in [4.78, 5) is 17.2. The van der Waals surface area contributed by atoms with E-state index in [9.17, 15) is 4.79 Å². The first-order chi connectivity index (χ1) is 9.54. The van der Waals surface area contributed by atoms with Crippen LogP contribution in [0.3, 0.4) is 0 Å². The molecule has 6 heteroatoms. The van der Waals surface area contributed by atoms with E-state index >= 15 is 0 Å². The van der Waals surface area contributed by atoms with Gasteiger partial charge in [-0.2, -0.15) is 0 Å². The first-order valence-corrected chi connectivity index (χ1v) is 8.12. The number of nitrogens with zero attached hydrogens (tertiary/aromatic N) is 2. The maximum atomic E-state index is 11.8. The minimum Gasteiger partial charge on any atom is -0.449 e. The van der Waals surface area contributed by atoms with E-state index in [1.807, 2.05) is 19.9 Å². The van der Waals surface area contributed by atoms with E-state index in [0.717, 1.165) is 37.1 Å². The second-order valence-corrected chi connectivity index (χ2v) is 7.24. The minimum atomic E-state index is -0.183. The molecular weight excluding hydrogens is 296 g/mol. The third kappa shape index (κ3) is 4.65. The van der Waals surface area contributed by atoms with Gasteiger partial charge in [-0.15, -0.1) is 11.3 Å². The molecule has 1 saturated heterocycles. The number of piperazine rings is 1. The quantitative estimate of drug-likeness (QED) is 0.854. The molecular formula is C14H21ClN2O2S. The summed E-state index contributed by atoms with van der Waals surface area (Å²) < 4.78 is 6.08. The molecule has 0 aromatic carbocycles. The number of thiophene rings is 1. The van der Waals surface area contributed by atoms with Crippen LogP contribution in [0, 0.1) is 5.92 Å². The molecule has 0 saturated carbocycles. The van der Waals surface area contributed by atoms with E-state index in [1.54, 1.807) is 16.2 Å². The predicted molar refractivity (Wildman–Crippen MR) is 82.4 cm³/mol. The zero-order valence-corrected chi connectivity index (χ0v) is 13.5. The summed E-state index contributed by atoms with van der Waals surface area (Å²) >= 11 is 7.55. The lowest BCUT2D eigenvalue weighted by Crippen LogP contribution is -2.48. The summed E-state index contributed by atoms with van der Waals surface area (Å²) in [5.74, 6) is 0.379. The maximum absolute atomic E-state index is 11.8. The number of amides is 1. The van der Waals surface area contributed by atoms with Gasteiger partial charge in [0.05, 0.1) is 10.9 Å². The van der Waals surface area contributed by atoms with E-state index < -0.39 is 0 Å². The van der Waals surface area contributed by atoms with Crippen molar-refractivity contribution in [1.82, 2.24) is 9.80 Å². The van der Waals surface area contributed by atoms with Gasteiger partial charge in [0.2, 0.25) is 0 Å². The smallest absolute Gasteiger partial charge is 0.409 e. The Hall–Kier alpha value is -0.780. The van der Waals surface area contributed by atoms with E-state index in [1.165, 1.54) is 4.88 Å². The largest absolute Gasteiger partial charge is 0.449 e. The highest BCUT2D eigenvalue weighted by molar-refractivity contribution is 7.16. The van der Waals surface area contributed by atoms with Gasteiger partial charge in [-0.1, -0.05) is 25.4 Å². The van der Waals surface area contributed by atoms with Crippen molar-refractivity contribution in [1.29, 1.82) is 0 Å². The fourth-order valence-corrected chi connectivity index (χ4v) is 3.20. The third-order valence-corrected chi connectivity index (χ3v) is 4.39. The van der Waals surface area contributed by atoms with Gasteiger partial charge in [0, 0.05) is 37.6 Å². The van der Waals surface area contributed by atoms with Gasteiger partial charge < -0.3 is 9.64 Å². The van der Waals surface area contributed by atoms with Crippen LogP contribution in [0.1, 0.15) is 18.7 Å². The Kier molecular flexibility index (Phi) is 5.69. The standard InChI is InChI=1S/C14H21ClN2O2S/c1-11(2)10-19-14(18)17-7-5-16(6-8-17)9-12-3-4-13(15)20-12/h3-4,11H,5-10H2,1-2H3. The number of hydrogen-bond acceptors (Lipinski definition) is 4. The Bertz CT molecular complexity index is 442. The molecule has 0 atom stereocenters. The minimum absolute atomic E-state index is 0.183. The highest BCUT2D eigenvalue weighted by atomic mass is 35.5. The summed E-state index contributed by atoms with van der Waals surface area (Å²) in [5.41, 5.74) is 0. The van der Waals surface area contributed by atoms with Crippen LogP contribution in [0.4, 0.5) is 4.79 Å². The van der Waals surface area contributed by atoms with Crippen molar-refractivity contribution in [2.45, 2.75) is 20.4 Å². The van der Waals surface area contributed by atoms with Crippen LogP contribution >= 0.6 is 22.9 Å². The average molecular weight is 317 g/mol. The first-order valence-electron chi connectivity index (χ1n) is 6.93. The van der Waals surface area contributed by atoms with Gasteiger partial charge in [-0.25, -0.2) is 4.79 Å². The van der Waals surface area contributed by atoms with E-state index in [0.29, 0.717) is 12.5 Å². The van der Waals surface area contributed by atoms with Crippen LogP contribution in [0.5, 0.6) is 0 Å². The topological polar surface area (TPSA) is 32.8 Å². The molecule has 1 fully saturated rings. The highest BCUT2D eigenvalue weighted by Crippen LogP contribution is 2.23. The molecule has 2 heterocycles. The number of ether oxygens (including phenoxy) is 1. The van der Waals surface area contributed by atoms with Crippen LogP contribution in [-0.4, -0.2) is 48.7 Å². The van der Waals surface area contributed by atoms with Crippen molar-refractivity contribution in [2.24, 2.45) is 5.92 Å². The maximum Gasteiger partial charge on any atom is 0.409 e. The molecule has 0 unspecified atom stereocenters. The molecule has 1 aromatic heterocycles. The Morgan fingerprint density at radius 1 is 1.35 bits per heavy atom. The molecule has 0 radical (unpaired) electrons. The summed E-state index contributed by atoms with van der Waals surface area (Å²) in [6.07, 6.45) is -0.183. The Balaban J connectivity index is 1.73. The zero-order chi connectivity index (χ0) is 14.5. The number of halogens is 1. The van der Waals surface area contributed by atoms with Crippen LogP contribution in [0.15, 0.2) is 12.1 Å². The van der Waals surface area contributed by atoms with Gasteiger partial charge in [0.25, 0.3) is 0 Å². The number of rotatable bonds is 4. The molecule has 20 heavy (non-hydrogen) atoms. The molecule has 0 bridgehead atoms. The molecule has 112 valence electrons. The molecule has 4 nitrogen and oxygen atoms in total. The number of hydrogen-bond donors (Lipinski definition) is 0. The second kappa shape index (κ2) is 7.29. The van der Waals surface area contributed by atoms with Gasteiger partial charge in [0.1, 0.15) is 0 Å². The van der Waals surface area contributed by atoms with Crippen LogP contribution in [-0.2, 0) is 11.3 Å². The third-order valence-electron chi connectivity index (χ3n) is 3.18. The van der Waals surface area contributed by atoms with E-state index in [-0.39, 0.29) is 6.09 Å². The van der Waals surface area contributed by atoms with Crippen LogP contribution in [0.2, 0.25) is 4.34 Å². The monoisotopic (exact) mass is 316 g/mol. The lowest BCUT2D eigenvalue weighted by atomic mass is 10.2. The Labute approximate surface area is 129 Å². The Morgan fingerprint density at radius 2 is 2.05 bits per heavy atom. The van der Waals surface area contributed by atoms with Crippen molar-refractivity contribution in [3.8, 4) is 0 Å². The number of carbonyl (C=O) groups is 1. The fourth-order valence-electron chi connectivity index (χ4n) is 2.07. The number of carbonyl (C=O) groups excluding carboxylic acids is 1. The van der Waals surface area contributed by atoms with Crippen molar-refractivity contribution in [3.63, 3.8) is 0 Å². The van der Waals surface area contributed by atoms with E-state index in [2.05, 4.69) is 11.0 Å². The van der Waals surface area contributed by atoms with Crippen molar-refractivity contribution in [2.75, 3.05) is 32.8 Å². The van der Waals surface area contributed by atoms with Crippen molar-refractivity contribution >= 4 is 29.0 Å². The van der Waals surface area contributed by atoms with Gasteiger partial charge in [-0.05, 0) is 18.1 Å². The molecule has 0 spiro atoms. The summed E-state index contributed by atoms with van der Waals surface area (Å²) in [6.45, 7) is 8.71. The lowest BCUT2D eigenvalue weighted by molar-refractivity contribution is 0.0678. The average Bonchev–Trinajstić information content (AvgIpc) is 2.82. The van der Waals surface area contributed by atoms with Crippen molar-refractivity contribution in [3.05, 3.63) is 21.3 Å². The first kappa shape index (κ1) is 15.6. The second-order valence-electron chi connectivity index (χ2n) is 5.44. The molecule has 2 rings (SSSR count). The predicted octanol–water partition coefficient (Wildman–Crippen LogP) is 3.31. The van der Waals surface area contributed by atoms with E-state index in [4.69, 9.17) is 16.3 Å². The fraction of sp³-hybridized carbons (Fsp3) is 0.643. The summed E-state index contributed by atoms with van der Waals surface area (Å²) in [7, 11) is 0. The highest BCUT2D eigenvalue weighted by Gasteiger charge is 2.22. The van der Waals surface area contributed by atoms with Gasteiger partial charge in [-0.3, -0.25) is 4.90 Å². The molecule has 1 aliphatic heterocycles. The lowest BCUT2D eigenvalue weighted by Gasteiger charge is -2.33. The van der Waals surface area contributed by atoms with Gasteiger partial charge in [0.15, 0.2) is 0 Å². The molecule has 1 aromatic rings. The molecule has 1 aliphatic rings. The molecule has 0 N–H and O–H groups in total. The summed E-state index contributed by atoms with van der Waals surface area (Å²) in [6, 6.07) is 4.00. The summed E-state index contributed by atoms with van der Waals surface area (Å²) in [5, 5.41) is 0.